The lowest BCUT2D eigenvalue weighted by molar-refractivity contribution is -0.193. The van der Waals surface area contributed by atoms with E-state index in [4.69, 9.17) is 67.8 Å². The predicted molar refractivity (Wildman–Crippen MR) is 544 cm³/mol. The molecular weight excluding hydrogens is 1490 g/mol. The van der Waals surface area contributed by atoms with Gasteiger partial charge in [-0.25, -0.2) is 0 Å². The fourth-order valence-corrected chi connectivity index (χ4v) is 10.8. The van der Waals surface area contributed by atoms with Gasteiger partial charge in [0.15, 0.2) is 47.9 Å². The molecule has 0 aliphatic carbocycles. The highest BCUT2D eigenvalue weighted by atomic mass is 16.8. The molecule has 0 amide bonds. The fourth-order valence-electron chi connectivity index (χ4n) is 10.8. The van der Waals surface area contributed by atoms with Crippen molar-refractivity contribution in [2.24, 2.45) is 0 Å². The Balaban J connectivity index is -0.0000000259. The molecule has 0 saturated carbocycles. The van der Waals surface area contributed by atoms with Crippen LogP contribution >= 0.6 is 0 Å². The second-order valence-electron chi connectivity index (χ2n) is 27.5. The highest BCUT2D eigenvalue weighted by molar-refractivity contribution is 5.50. The lowest BCUT2D eigenvalue weighted by atomic mass is 10.0. The second-order valence-corrected chi connectivity index (χ2v) is 27.5. The molecule has 6 N–H and O–H groups in total. The molecule has 12 atom stereocenters. The highest BCUT2D eigenvalue weighted by Gasteiger charge is 2.46. The molecule has 0 radical (unpaired) electrons. The van der Waals surface area contributed by atoms with Crippen molar-refractivity contribution in [1.82, 2.24) is 0 Å². The Labute approximate surface area is 769 Å². The number of hydrogen-bond acceptors (Lipinski definition) is 18. The van der Waals surface area contributed by atoms with Gasteiger partial charge in [0.05, 0.1) is 44.7 Å². The third-order valence-electron chi connectivity index (χ3n) is 15.9. The minimum Gasteiger partial charge on any atom is -0.434 e. The molecular formula is C100H194O18. The van der Waals surface area contributed by atoms with Crippen LogP contribution < -0.4 is 0 Å². The Kier molecular flexibility index (Phi) is 57.6. The van der Waals surface area contributed by atoms with E-state index in [9.17, 15) is 15.0 Å². The minimum absolute atomic E-state index is 0. The molecule has 18 heteroatoms. The first-order chi connectivity index (χ1) is 57.0. The van der Waals surface area contributed by atoms with E-state index < -0.39 is 72.5 Å². The number of hydrogen-bond donors (Lipinski definition) is 6. The molecule has 6 rings (SSSR count). The summed E-state index contributed by atoms with van der Waals surface area (Å²) in [6, 6.07) is 0. The van der Waals surface area contributed by atoms with Crippen molar-refractivity contribution in [3.05, 3.63) is 12.2 Å². The lowest BCUT2D eigenvalue weighted by Gasteiger charge is -2.26. The van der Waals surface area contributed by atoms with Crippen LogP contribution in [-0.4, -0.2) is 160 Å². The molecule has 0 bridgehead atoms. The Morgan fingerprint density at radius 3 is 1.03 bits per heavy atom. The van der Waals surface area contributed by atoms with E-state index in [0.29, 0.717) is 13.0 Å². The first-order valence-electron chi connectivity index (χ1n) is 39.2. The van der Waals surface area contributed by atoms with Crippen molar-refractivity contribution >= 4 is 6.47 Å². The Bertz CT molecular complexity index is 4870. The number of fused-ring (bicyclic) bond motifs is 1. The monoisotopic (exact) mass is 1680 g/mol. The van der Waals surface area contributed by atoms with Gasteiger partial charge in [0.2, 0.25) is 6.29 Å². The van der Waals surface area contributed by atoms with E-state index in [-0.39, 0.29) is 120 Å². The minimum atomic E-state index is -0.914. The van der Waals surface area contributed by atoms with Crippen molar-refractivity contribution in [2.45, 2.75) is 314 Å². The number of rotatable bonds is 25. The number of aliphatic hydroxyl groups excluding tert-OH is 6. The molecule has 6 saturated heterocycles. The molecule has 6 fully saturated rings. The first-order valence-corrected chi connectivity index (χ1v) is 39.2. The van der Waals surface area contributed by atoms with Crippen LogP contribution in [0.1, 0.15) is 280 Å². The van der Waals surface area contributed by atoms with Crippen LogP contribution in [0.4, 0.5) is 0 Å². The number of allylic oxidation sites excluding steroid dienone is 1. The third kappa shape index (κ3) is 55.4. The summed E-state index contributed by atoms with van der Waals surface area (Å²) in [4.78, 5) is 10.5. The molecule has 6 heterocycles. The van der Waals surface area contributed by atoms with Crippen molar-refractivity contribution in [2.75, 3.05) is 26.4 Å². The standard InChI is InChI=1S/C29H12O4.C29H56O3.C29H14O3.C8H14O4.C5H10O4.44H2/c1-4-5-6-7-8-9-10-11-12-13-14-15-16-17-18-19-20-21-22-23-24-25-27-28(31-26-30)33-29(2,3)32-27;2*1-4-5-6-7-8-9-10-11-12-13-14-15-16-17-18-19-20-21-22-23-24-25-27-28(26-30)32-29(2,3)31-27;1-8(2)11-5-3-7(9)10-4-6(5)12-8;6-3-1-5(8)9-2-4(3)7;;;;;;;;;;;;;;;;;;;;;;;;;;;;;;;;;;;;;;;;;;;;/h26-28H,1-3H3;23-24,27-28,30H,4-22,25-26H2,1-3H3;27-28,30H,26H2,1-3H3;5-7,9H,3-4H2,1-2H3;3-8H,1-2H2;44*1H/t27-,28-;2*27-,28+;5-,6+,7?;3-,4+,5?;;;;;;;;;;;;;;;;;;;;;;;;;;;;;;;;;;;;;;;;;;;;/m11111............................................/s1. The van der Waals surface area contributed by atoms with Gasteiger partial charge in [-0.3, -0.25) is 4.79 Å². The number of aliphatic hydroxyl groups is 6. The summed E-state index contributed by atoms with van der Waals surface area (Å²) >= 11 is 0. The van der Waals surface area contributed by atoms with Gasteiger partial charge in [0.25, 0.3) is 6.47 Å². The van der Waals surface area contributed by atoms with E-state index in [1.807, 2.05) is 27.7 Å². The first kappa shape index (κ1) is 103. The van der Waals surface area contributed by atoms with Crippen molar-refractivity contribution in [3.8, 4) is 260 Å². The predicted octanol–water partition coefficient (Wildman–Crippen LogP) is 19.6. The summed E-state index contributed by atoms with van der Waals surface area (Å²) in [6.45, 7) is 20.7. The maximum Gasteiger partial charge on any atom is 0.295 e. The summed E-state index contributed by atoms with van der Waals surface area (Å²) < 4.78 is 59.0. The number of ether oxygens (including phenoxy) is 11. The molecule has 0 aromatic rings. The molecule has 18 nitrogen and oxygen atoms in total. The van der Waals surface area contributed by atoms with Crippen LogP contribution in [0, 0.1) is 260 Å². The van der Waals surface area contributed by atoms with Gasteiger partial charge in [0, 0.05) is 123 Å². The average molecular weight is 1680 g/mol. The molecule has 0 aromatic heterocycles. The summed E-state index contributed by atoms with van der Waals surface area (Å²) in [5.41, 5.74) is 0. The molecule has 6 aliphatic heterocycles. The topological polar surface area (TPSA) is 240 Å². The zero-order valence-corrected chi connectivity index (χ0v) is 69.6. The van der Waals surface area contributed by atoms with Crippen molar-refractivity contribution in [1.29, 1.82) is 0 Å². The second kappa shape index (κ2) is 66.0. The Morgan fingerprint density at radius 1 is 0.339 bits per heavy atom. The van der Waals surface area contributed by atoms with Crippen LogP contribution in [0.2, 0.25) is 0 Å². The molecule has 6 aliphatic rings. The largest absolute Gasteiger partial charge is 0.434 e. The van der Waals surface area contributed by atoms with E-state index >= 15 is 0 Å². The molecule has 2 unspecified atom stereocenters. The normalized spacial score (nSPS) is 21.7. The van der Waals surface area contributed by atoms with E-state index in [0.717, 1.165) is 12.8 Å². The maximum absolute atomic E-state index is 10.5. The fraction of sp³-hybridized carbons (Fsp3) is 0.530. The van der Waals surface area contributed by atoms with E-state index in [1.165, 1.54) is 116 Å². The van der Waals surface area contributed by atoms with Crippen molar-refractivity contribution < 1.29 is 150 Å². The Hall–Kier alpha value is -11.1. The van der Waals surface area contributed by atoms with Crippen LogP contribution in [0.15, 0.2) is 12.2 Å². The SMILES string of the molecule is CC#CC#CC#CC#CC#CC#CC#CC#CC#CC#CC#C[C@H]1OC(C)(C)O[C@H]1CO.CC#CC#CC#CC#CC#CC#CC#CC#CC#CC#CC#C[C@H]1OC(C)(C)O[C@H]1OC=O.CC1(C)O[C@H]2COC(O)C[C@H]2O1.CCCCCCCCCCCCCCCCCCCCC=CC[C@H]1OC(C)(C)O[C@H]1CO.OC1C[C@@H](O)[C@@H](O)CO1.[HH].[HH].[HH].[HH].[HH].[HH].[HH].[HH].[HH].[HH].[HH].[HH].[HH].[HH].[HH].[HH].[HH].[HH].[HH].[HH].[HH].[HH].[HH].[HH].[HH].[HH].[HH].[HH].[HH].[HH].[HH].[HH].[HH].[HH].[HH].[HH].[HH].[HH].[HH].[HH].[HH].[HH].[HH].[HH]. The van der Waals surface area contributed by atoms with Crippen LogP contribution in [0.3, 0.4) is 0 Å². The quantitative estimate of drug-likeness (QED) is 0.0215. The Morgan fingerprint density at radius 2 is 0.653 bits per heavy atom. The highest BCUT2D eigenvalue weighted by Crippen LogP contribution is 2.34. The van der Waals surface area contributed by atoms with Crippen LogP contribution in [0.25, 0.3) is 0 Å². The molecule has 118 heavy (non-hydrogen) atoms. The number of carbonyl (C=O) groups is 1. The smallest absolute Gasteiger partial charge is 0.295 e. The zero-order chi connectivity index (χ0) is 86.3. The van der Waals surface area contributed by atoms with Gasteiger partial charge in [-0.2, -0.15) is 0 Å². The number of unbranched alkanes of at least 4 members (excludes halogenated alkanes) is 18. The maximum atomic E-state index is 10.5. The zero-order valence-electron chi connectivity index (χ0n) is 69.6. The molecule has 0 spiro atoms. The van der Waals surface area contributed by atoms with Gasteiger partial charge in [-0.05, 0) is 278 Å². The average Bonchev–Trinajstić information content (AvgIpc) is 1.67. The third-order valence-corrected chi connectivity index (χ3v) is 15.9. The number of carbonyl (C=O) groups excluding carboxylic acids is 1. The molecule has 0 aromatic carbocycles. The van der Waals surface area contributed by atoms with Gasteiger partial charge in [-0.15, -0.1) is 0 Å². The van der Waals surface area contributed by atoms with Gasteiger partial charge in [-0.1, -0.05) is 152 Å². The summed E-state index contributed by atoms with van der Waals surface area (Å²) in [5, 5.41) is 54.2. The van der Waals surface area contributed by atoms with Gasteiger partial charge < -0.3 is 82.7 Å². The summed E-state index contributed by atoms with van der Waals surface area (Å²) in [6.07, 6.45) is 26.5. The van der Waals surface area contributed by atoms with Gasteiger partial charge >= 0.3 is 0 Å². The molecule has 702 valence electrons. The lowest BCUT2D eigenvalue weighted by Crippen LogP contribution is -2.40. The van der Waals surface area contributed by atoms with Gasteiger partial charge in [0.1, 0.15) is 24.4 Å². The van der Waals surface area contributed by atoms with Crippen molar-refractivity contribution in [3.63, 3.8) is 0 Å². The summed E-state index contributed by atoms with van der Waals surface area (Å²) in [5.74, 6) is 109. The van der Waals surface area contributed by atoms with E-state index in [2.05, 4.69) is 284 Å². The summed E-state index contributed by atoms with van der Waals surface area (Å²) in [7, 11) is 0. The van der Waals surface area contributed by atoms with Crippen LogP contribution in [-0.2, 0) is 56.9 Å². The van der Waals surface area contributed by atoms with Crippen LogP contribution in [0.5, 0.6) is 0 Å². The van der Waals surface area contributed by atoms with E-state index in [1.54, 1.807) is 41.5 Å².